The summed E-state index contributed by atoms with van der Waals surface area (Å²) >= 11 is 0. The first-order chi connectivity index (χ1) is 20.1. The number of ether oxygens (including phenoxy) is 3. The number of carbonyl (C=O) groups is 3. The zero-order valence-corrected chi connectivity index (χ0v) is 24.3. The summed E-state index contributed by atoms with van der Waals surface area (Å²) in [4.78, 5) is 38.4. The molecule has 3 aromatic rings. The van der Waals surface area contributed by atoms with E-state index in [0.29, 0.717) is 6.42 Å². The molecular weight excluding hydrogens is 536 g/mol. The first kappa shape index (κ1) is 30.7. The van der Waals surface area contributed by atoms with Gasteiger partial charge in [0, 0.05) is 12.5 Å². The average Bonchev–Trinajstić information content (AvgIpc) is 3.29. The number of esters is 2. The van der Waals surface area contributed by atoms with E-state index in [-0.39, 0.29) is 19.1 Å². The normalized spacial score (nSPS) is 14.6. The lowest BCUT2D eigenvalue weighted by Gasteiger charge is -2.27. The Hall–Kier alpha value is -4.21. The van der Waals surface area contributed by atoms with Crippen molar-refractivity contribution in [3.63, 3.8) is 0 Å². The molecule has 3 aromatic carbocycles. The lowest BCUT2D eigenvalue weighted by atomic mass is 9.98. The topological polar surface area (TPSA) is 123 Å². The molecule has 3 N–H and O–H groups in total. The molecule has 42 heavy (non-hydrogen) atoms. The van der Waals surface area contributed by atoms with E-state index in [0.717, 1.165) is 34.9 Å². The first-order valence-electron chi connectivity index (χ1n) is 13.9. The van der Waals surface area contributed by atoms with E-state index in [1.807, 2.05) is 78.9 Å². The van der Waals surface area contributed by atoms with Crippen LogP contribution in [0.1, 0.15) is 43.4 Å². The van der Waals surface area contributed by atoms with Crippen molar-refractivity contribution in [2.24, 2.45) is 0 Å². The minimum atomic E-state index is -1.44. The largest absolute Gasteiger partial charge is 0.467 e. The van der Waals surface area contributed by atoms with Gasteiger partial charge in [-0.25, -0.2) is 9.59 Å². The number of rotatable bonds is 11. The average molecular weight is 575 g/mol. The predicted molar refractivity (Wildman–Crippen MR) is 158 cm³/mol. The molecule has 1 aliphatic rings. The molecule has 0 radical (unpaired) electrons. The maximum Gasteiger partial charge on any atom is 0.407 e. The third-order valence-corrected chi connectivity index (χ3v) is 7.00. The predicted octanol–water partition coefficient (Wildman–Crippen LogP) is 3.97. The number of aliphatic hydroxyl groups is 1. The van der Waals surface area contributed by atoms with Crippen LogP contribution in [0.2, 0.25) is 0 Å². The molecule has 222 valence electrons. The molecule has 4 rings (SSSR count). The number of aliphatic hydroxyl groups excluding tert-OH is 1. The standard InChI is InChI=1S/C33H38N2O7/c1-33(2,3)42-30(37)27(18-21-12-6-5-7-13-21)34-19-28(36)29(31(38)40-4)35-32(39)41-20-26-24-16-10-8-14-22(24)23-15-9-11-17-25(23)26/h5-17,26-29,34,36H,18-20H2,1-4H3,(H,35,39)/t27-,28?,29-/m0/s1. The molecule has 0 aromatic heterocycles. The van der Waals surface area contributed by atoms with Crippen LogP contribution in [0.15, 0.2) is 78.9 Å². The van der Waals surface area contributed by atoms with Crippen LogP contribution >= 0.6 is 0 Å². The summed E-state index contributed by atoms with van der Waals surface area (Å²) in [5.41, 5.74) is 4.44. The Labute approximate surface area is 246 Å². The third-order valence-electron chi connectivity index (χ3n) is 7.00. The number of hydrogen-bond donors (Lipinski definition) is 3. The van der Waals surface area contributed by atoms with Crippen LogP contribution in [0, 0.1) is 0 Å². The van der Waals surface area contributed by atoms with Crippen molar-refractivity contribution in [2.75, 3.05) is 20.3 Å². The molecule has 0 saturated carbocycles. The third kappa shape index (κ3) is 7.74. The summed E-state index contributed by atoms with van der Waals surface area (Å²) < 4.78 is 15.9. The van der Waals surface area contributed by atoms with Crippen LogP contribution in [0.5, 0.6) is 0 Å². The van der Waals surface area contributed by atoms with Crippen molar-refractivity contribution >= 4 is 18.0 Å². The van der Waals surface area contributed by atoms with Gasteiger partial charge in [0.25, 0.3) is 0 Å². The molecule has 0 fully saturated rings. The van der Waals surface area contributed by atoms with E-state index in [4.69, 9.17) is 14.2 Å². The Morgan fingerprint density at radius 1 is 0.857 bits per heavy atom. The Morgan fingerprint density at radius 2 is 1.43 bits per heavy atom. The van der Waals surface area contributed by atoms with Crippen molar-refractivity contribution in [3.8, 4) is 11.1 Å². The van der Waals surface area contributed by atoms with Crippen LogP contribution in [0.3, 0.4) is 0 Å². The fourth-order valence-corrected chi connectivity index (χ4v) is 5.05. The Morgan fingerprint density at radius 3 is 2.00 bits per heavy atom. The minimum Gasteiger partial charge on any atom is -0.467 e. The first-order valence-corrected chi connectivity index (χ1v) is 13.9. The number of carbonyl (C=O) groups excluding carboxylic acids is 3. The van der Waals surface area contributed by atoms with E-state index < -0.39 is 41.8 Å². The highest BCUT2D eigenvalue weighted by molar-refractivity contribution is 5.82. The fraction of sp³-hybridized carbons (Fsp3) is 0.364. The van der Waals surface area contributed by atoms with Gasteiger partial charge in [-0.05, 0) is 55.0 Å². The van der Waals surface area contributed by atoms with Crippen molar-refractivity contribution in [2.45, 2.75) is 56.9 Å². The molecule has 1 unspecified atom stereocenters. The second-order valence-electron chi connectivity index (χ2n) is 11.2. The van der Waals surface area contributed by atoms with Gasteiger partial charge in [0.1, 0.15) is 18.2 Å². The summed E-state index contributed by atoms with van der Waals surface area (Å²) in [6.07, 6.45) is -2.01. The molecule has 9 heteroatoms. The van der Waals surface area contributed by atoms with Gasteiger partial charge in [-0.3, -0.25) is 4.79 Å². The summed E-state index contributed by atoms with van der Waals surface area (Å²) in [5, 5.41) is 16.4. The summed E-state index contributed by atoms with van der Waals surface area (Å²) in [6.45, 7) is 5.14. The zero-order valence-electron chi connectivity index (χ0n) is 24.3. The molecule has 9 nitrogen and oxygen atoms in total. The van der Waals surface area contributed by atoms with Crippen LogP contribution < -0.4 is 10.6 Å². The number of benzene rings is 3. The van der Waals surface area contributed by atoms with Crippen molar-refractivity contribution in [3.05, 3.63) is 95.6 Å². The zero-order chi connectivity index (χ0) is 30.3. The summed E-state index contributed by atoms with van der Waals surface area (Å²) in [7, 11) is 1.16. The van der Waals surface area contributed by atoms with Gasteiger partial charge >= 0.3 is 18.0 Å². The van der Waals surface area contributed by atoms with E-state index in [1.54, 1.807) is 20.8 Å². The minimum absolute atomic E-state index is 0.0416. The smallest absolute Gasteiger partial charge is 0.407 e. The lowest BCUT2D eigenvalue weighted by molar-refractivity contribution is -0.157. The molecule has 0 bridgehead atoms. The van der Waals surface area contributed by atoms with Gasteiger partial charge in [-0.1, -0.05) is 78.9 Å². The molecule has 0 heterocycles. The Bertz CT molecular complexity index is 1340. The maximum absolute atomic E-state index is 13.0. The van der Waals surface area contributed by atoms with Crippen LogP contribution in [-0.2, 0) is 30.2 Å². The van der Waals surface area contributed by atoms with Gasteiger partial charge in [-0.15, -0.1) is 0 Å². The number of nitrogens with one attached hydrogen (secondary N) is 2. The fourth-order valence-electron chi connectivity index (χ4n) is 5.05. The van der Waals surface area contributed by atoms with Crippen LogP contribution in [0.4, 0.5) is 4.79 Å². The van der Waals surface area contributed by atoms with Gasteiger partial charge in [-0.2, -0.15) is 0 Å². The van der Waals surface area contributed by atoms with E-state index >= 15 is 0 Å². The van der Waals surface area contributed by atoms with Gasteiger partial charge in [0.2, 0.25) is 0 Å². The number of alkyl carbamates (subject to hydrolysis) is 1. The molecule has 1 aliphatic carbocycles. The number of fused-ring (bicyclic) bond motifs is 3. The molecule has 0 saturated heterocycles. The Kier molecular flexibility index (Phi) is 9.98. The van der Waals surface area contributed by atoms with Gasteiger partial charge < -0.3 is 30.0 Å². The van der Waals surface area contributed by atoms with Crippen molar-refractivity contribution in [1.29, 1.82) is 0 Å². The monoisotopic (exact) mass is 574 g/mol. The highest BCUT2D eigenvalue weighted by Gasteiger charge is 2.34. The SMILES string of the molecule is COC(=O)[C@@H](NC(=O)OCC1c2ccccc2-c2ccccc21)C(O)CN[C@@H](Cc1ccccc1)C(=O)OC(C)(C)C. The van der Waals surface area contributed by atoms with E-state index in [2.05, 4.69) is 10.6 Å². The van der Waals surface area contributed by atoms with Gasteiger partial charge in [0.05, 0.1) is 13.2 Å². The highest BCUT2D eigenvalue weighted by Crippen LogP contribution is 2.44. The van der Waals surface area contributed by atoms with Crippen LogP contribution in [-0.4, -0.2) is 67.2 Å². The maximum atomic E-state index is 13.0. The molecule has 0 aliphatic heterocycles. The molecule has 3 atom stereocenters. The van der Waals surface area contributed by atoms with Gasteiger partial charge in [0.15, 0.2) is 6.04 Å². The van der Waals surface area contributed by atoms with Crippen molar-refractivity contribution in [1.82, 2.24) is 10.6 Å². The van der Waals surface area contributed by atoms with E-state index in [9.17, 15) is 19.5 Å². The summed E-state index contributed by atoms with van der Waals surface area (Å²) in [6, 6.07) is 23.0. The molecule has 1 amide bonds. The highest BCUT2D eigenvalue weighted by atomic mass is 16.6. The second kappa shape index (κ2) is 13.6. The Balaban J connectivity index is 1.40. The molecule has 0 spiro atoms. The number of amides is 1. The number of hydrogen-bond acceptors (Lipinski definition) is 8. The number of methoxy groups -OCH3 is 1. The quantitative estimate of drug-likeness (QED) is 0.232. The lowest BCUT2D eigenvalue weighted by Crippen LogP contribution is -2.55. The molecular formula is C33H38N2O7. The van der Waals surface area contributed by atoms with Crippen molar-refractivity contribution < 1.29 is 33.7 Å². The van der Waals surface area contributed by atoms with E-state index in [1.165, 1.54) is 0 Å². The second-order valence-corrected chi connectivity index (χ2v) is 11.2. The summed E-state index contributed by atoms with van der Waals surface area (Å²) in [5.74, 6) is -1.52. The van der Waals surface area contributed by atoms with Crippen LogP contribution in [0.25, 0.3) is 11.1 Å².